The van der Waals surface area contributed by atoms with Crippen molar-refractivity contribution in [1.82, 2.24) is 4.98 Å². The minimum atomic E-state index is -0.825. The summed E-state index contributed by atoms with van der Waals surface area (Å²) in [6.07, 6.45) is 0.0648. The van der Waals surface area contributed by atoms with Gasteiger partial charge in [-0.05, 0) is 47.5 Å². The standard InChI is InChI=1S/C27H21Cl2NO4S/c1-33-26-19(21-8-6-18-20(29)12-16(28)13-22(18)30-21)7-9-23-25(26)27(35-11-10-24(31)32)17-5-3-2-4-15(17)14-34-23/h2-9,12-13,27H,10-11,14H2,1H3,(H,31,32). The van der Waals surface area contributed by atoms with Gasteiger partial charge in [-0.1, -0.05) is 47.5 Å². The smallest absolute Gasteiger partial charge is 0.304 e. The fraction of sp³-hybridized carbons (Fsp3) is 0.185. The number of aliphatic carboxylic acids is 1. The summed E-state index contributed by atoms with van der Waals surface area (Å²) in [4.78, 5) is 16.1. The lowest BCUT2D eigenvalue weighted by Crippen LogP contribution is -2.05. The van der Waals surface area contributed by atoms with Gasteiger partial charge in [-0.3, -0.25) is 4.79 Å². The van der Waals surface area contributed by atoms with Crippen molar-refractivity contribution in [2.24, 2.45) is 0 Å². The molecule has 35 heavy (non-hydrogen) atoms. The lowest BCUT2D eigenvalue weighted by molar-refractivity contribution is -0.136. The molecule has 2 heterocycles. The van der Waals surface area contributed by atoms with Gasteiger partial charge in [0.1, 0.15) is 18.1 Å². The molecule has 1 unspecified atom stereocenters. The first-order valence-electron chi connectivity index (χ1n) is 11.0. The summed E-state index contributed by atoms with van der Waals surface area (Å²) in [7, 11) is 1.63. The predicted octanol–water partition coefficient (Wildman–Crippen LogP) is 7.41. The van der Waals surface area contributed by atoms with Crippen molar-refractivity contribution < 1.29 is 19.4 Å². The third-order valence-corrected chi connectivity index (χ3v) is 7.73. The summed E-state index contributed by atoms with van der Waals surface area (Å²) in [6, 6.07) is 19.3. The van der Waals surface area contributed by atoms with Gasteiger partial charge in [-0.25, -0.2) is 4.98 Å². The lowest BCUT2D eigenvalue weighted by Gasteiger charge is -2.23. The summed E-state index contributed by atoms with van der Waals surface area (Å²) in [5, 5.41) is 10.9. The molecule has 0 radical (unpaired) electrons. The first-order chi connectivity index (χ1) is 17.0. The van der Waals surface area contributed by atoms with Crippen LogP contribution in [0.15, 0.2) is 60.7 Å². The fourth-order valence-electron chi connectivity index (χ4n) is 4.35. The van der Waals surface area contributed by atoms with Gasteiger partial charge < -0.3 is 14.6 Å². The van der Waals surface area contributed by atoms with E-state index in [1.54, 1.807) is 31.0 Å². The number of carboxylic acids is 1. The summed E-state index contributed by atoms with van der Waals surface area (Å²) < 4.78 is 12.2. The summed E-state index contributed by atoms with van der Waals surface area (Å²) in [5.41, 5.74) is 5.22. The van der Waals surface area contributed by atoms with Gasteiger partial charge >= 0.3 is 5.97 Å². The number of methoxy groups -OCH3 is 1. The molecule has 1 N–H and O–H groups in total. The predicted molar refractivity (Wildman–Crippen MR) is 141 cm³/mol. The zero-order valence-corrected chi connectivity index (χ0v) is 21.1. The zero-order chi connectivity index (χ0) is 24.5. The molecule has 4 aromatic rings. The van der Waals surface area contributed by atoms with Gasteiger partial charge in [0.05, 0.1) is 40.6 Å². The molecular formula is C27H21Cl2NO4S. The average molecular weight is 526 g/mol. The minimum Gasteiger partial charge on any atom is -0.496 e. The van der Waals surface area contributed by atoms with Crippen LogP contribution >= 0.6 is 35.0 Å². The number of ether oxygens (including phenoxy) is 2. The van der Waals surface area contributed by atoms with Gasteiger partial charge in [0.25, 0.3) is 0 Å². The second-order valence-electron chi connectivity index (χ2n) is 8.09. The number of fused-ring (bicyclic) bond motifs is 3. The SMILES string of the molecule is COc1c(-c2ccc3c(Cl)cc(Cl)cc3n2)ccc2c1C(SCCC(=O)O)c1ccccc1CO2. The second kappa shape index (κ2) is 9.97. The summed E-state index contributed by atoms with van der Waals surface area (Å²) in [5.74, 6) is 0.981. The van der Waals surface area contributed by atoms with Gasteiger partial charge in [0, 0.05) is 21.7 Å². The van der Waals surface area contributed by atoms with Crippen molar-refractivity contribution in [1.29, 1.82) is 0 Å². The van der Waals surface area contributed by atoms with E-state index in [9.17, 15) is 9.90 Å². The molecule has 0 saturated heterocycles. The van der Waals surface area contributed by atoms with E-state index in [0.717, 1.165) is 27.6 Å². The quantitative estimate of drug-likeness (QED) is 0.282. The van der Waals surface area contributed by atoms with Crippen LogP contribution in [0, 0.1) is 0 Å². The molecule has 3 aromatic carbocycles. The van der Waals surface area contributed by atoms with Crippen LogP contribution in [0.2, 0.25) is 10.0 Å². The van der Waals surface area contributed by atoms with E-state index in [-0.39, 0.29) is 11.7 Å². The van der Waals surface area contributed by atoms with Gasteiger partial charge in [-0.15, -0.1) is 11.8 Å². The Morgan fingerprint density at radius 2 is 2.00 bits per heavy atom. The number of nitrogens with zero attached hydrogens (tertiary/aromatic N) is 1. The normalized spacial score (nSPS) is 14.5. The maximum absolute atomic E-state index is 11.2. The molecule has 8 heteroatoms. The molecule has 0 fully saturated rings. The maximum Gasteiger partial charge on any atom is 0.304 e. The number of halogens is 2. The average Bonchev–Trinajstić information content (AvgIpc) is 3.00. The highest BCUT2D eigenvalue weighted by atomic mass is 35.5. The van der Waals surface area contributed by atoms with Gasteiger partial charge in [-0.2, -0.15) is 0 Å². The molecular weight excluding hydrogens is 505 g/mol. The molecule has 5 rings (SSSR count). The number of rotatable bonds is 6. The molecule has 1 atom stereocenters. The number of carboxylic acid groups (broad SMARTS) is 1. The highest BCUT2D eigenvalue weighted by Crippen LogP contribution is 2.51. The Hall–Kier alpha value is -2.93. The van der Waals surface area contributed by atoms with Crippen molar-refractivity contribution in [3.05, 3.63) is 87.4 Å². The Bertz CT molecular complexity index is 1440. The van der Waals surface area contributed by atoms with Crippen molar-refractivity contribution in [2.45, 2.75) is 18.3 Å². The summed E-state index contributed by atoms with van der Waals surface area (Å²) >= 11 is 14.1. The molecule has 0 amide bonds. The van der Waals surface area contributed by atoms with E-state index in [4.69, 9.17) is 37.7 Å². The molecule has 5 nitrogen and oxygen atoms in total. The number of carbonyl (C=O) groups is 1. The van der Waals surface area contributed by atoms with Crippen LogP contribution in [0.25, 0.3) is 22.2 Å². The molecule has 1 aliphatic heterocycles. The molecule has 0 bridgehead atoms. The molecule has 0 saturated carbocycles. The van der Waals surface area contributed by atoms with Gasteiger partial charge in [0.2, 0.25) is 0 Å². The van der Waals surface area contributed by atoms with Crippen LogP contribution in [0.1, 0.15) is 28.4 Å². The van der Waals surface area contributed by atoms with Gasteiger partial charge in [0.15, 0.2) is 0 Å². The fourth-order valence-corrected chi connectivity index (χ4v) is 6.23. The summed E-state index contributed by atoms with van der Waals surface area (Å²) in [6.45, 7) is 0.423. The Morgan fingerprint density at radius 3 is 2.80 bits per heavy atom. The first kappa shape index (κ1) is 23.8. The van der Waals surface area contributed by atoms with Crippen LogP contribution in [-0.4, -0.2) is 28.9 Å². The monoisotopic (exact) mass is 525 g/mol. The van der Waals surface area contributed by atoms with Crippen LogP contribution in [0.3, 0.4) is 0 Å². The third-order valence-electron chi connectivity index (χ3n) is 5.94. The second-order valence-corrected chi connectivity index (χ2v) is 10.1. The van der Waals surface area contributed by atoms with E-state index in [1.807, 2.05) is 42.5 Å². The lowest BCUT2D eigenvalue weighted by atomic mass is 9.96. The van der Waals surface area contributed by atoms with E-state index >= 15 is 0 Å². The molecule has 0 aliphatic carbocycles. The van der Waals surface area contributed by atoms with E-state index in [2.05, 4.69) is 6.07 Å². The van der Waals surface area contributed by atoms with Crippen LogP contribution in [0.5, 0.6) is 11.5 Å². The Balaban J connectivity index is 1.68. The number of hydrogen-bond donors (Lipinski definition) is 1. The van der Waals surface area contributed by atoms with Crippen LogP contribution < -0.4 is 9.47 Å². The van der Waals surface area contributed by atoms with Crippen LogP contribution in [0.4, 0.5) is 0 Å². The van der Waals surface area contributed by atoms with Crippen molar-refractivity contribution in [3.8, 4) is 22.8 Å². The molecule has 1 aliphatic rings. The van der Waals surface area contributed by atoms with Crippen LogP contribution in [-0.2, 0) is 11.4 Å². The molecule has 1 aromatic heterocycles. The number of benzene rings is 3. The van der Waals surface area contributed by atoms with E-state index in [0.29, 0.717) is 45.1 Å². The zero-order valence-electron chi connectivity index (χ0n) is 18.8. The Labute approximate surface area is 217 Å². The molecule has 0 spiro atoms. The minimum absolute atomic E-state index is 0.0648. The van der Waals surface area contributed by atoms with E-state index < -0.39 is 5.97 Å². The van der Waals surface area contributed by atoms with Crippen molar-refractivity contribution >= 4 is 51.8 Å². The highest BCUT2D eigenvalue weighted by molar-refractivity contribution is 7.99. The van der Waals surface area contributed by atoms with E-state index in [1.165, 1.54) is 0 Å². The maximum atomic E-state index is 11.2. The molecule has 178 valence electrons. The first-order valence-corrected chi connectivity index (χ1v) is 12.8. The Kier molecular flexibility index (Phi) is 6.78. The Morgan fingerprint density at radius 1 is 1.17 bits per heavy atom. The highest BCUT2D eigenvalue weighted by Gasteiger charge is 2.30. The van der Waals surface area contributed by atoms with Crippen molar-refractivity contribution in [2.75, 3.05) is 12.9 Å². The topological polar surface area (TPSA) is 68.7 Å². The number of pyridine rings is 1. The largest absolute Gasteiger partial charge is 0.496 e. The third kappa shape index (κ3) is 4.66. The number of thioether (sulfide) groups is 1. The van der Waals surface area contributed by atoms with Crippen molar-refractivity contribution in [3.63, 3.8) is 0 Å². The number of aromatic nitrogens is 1. The number of hydrogen-bond acceptors (Lipinski definition) is 5.